The van der Waals surface area contributed by atoms with Crippen LogP contribution in [0.3, 0.4) is 0 Å². The van der Waals surface area contributed by atoms with Gasteiger partial charge in [0.05, 0.1) is 12.5 Å². The summed E-state index contributed by atoms with van der Waals surface area (Å²) in [6, 6.07) is 0. The Hall–Kier alpha value is -1.96. The molecule has 1 aliphatic rings. The third-order valence-corrected chi connectivity index (χ3v) is 3.35. The quantitative estimate of drug-likeness (QED) is 0.773. The summed E-state index contributed by atoms with van der Waals surface area (Å²) in [6.07, 6.45) is 1.54. The largest absolute Gasteiger partial charge is 0.481 e. The lowest BCUT2D eigenvalue weighted by Gasteiger charge is -2.08. The number of methoxy groups -OCH3 is 1. The first-order chi connectivity index (χ1) is 9.60. The highest BCUT2D eigenvalue weighted by molar-refractivity contribution is 5.80. The molecule has 0 spiro atoms. The summed E-state index contributed by atoms with van der Waals surface area (Å²) < 4.78 is 9.79. The van der Waals surface area contributed by atoms with E-state index in [1.165, 1.54) is 7.11 Å². The maximum atomic E-state index is 11.9. The summed E-state index contributed by atoms with van der Waals surface area (Å²) in [5.41, 5.74) is 0. The molecule has 2 atom stereocenters. The molecule has 1 heterocycles. The number of hydrogen-bond donors (Lipinski definition) is 2. The minimum absolute atomic E-state index is 0.143. The monoisotopic (exact) mass is 283 g/mol. The molecule has 2 N–H and O–H groups in total. The van der Waals surface area contributed by atoms with E-state index in [1.807, 2.05) is 0 Å². The number of aromatic nitrogens is 2. The van der Waals surface area contributed by atoms with E-state index >= 15 is 0 Å². The molecule has 1 fully saturated rings. The van der Waals surface area contributed by atoms with Gasteiger partial charge in [0.25, 0.3) is 0 Å². The molecule has 0 bridgehead atoms. The van der Waals surface area contributed by atoms with E-state index in [1.54, 1.807) is 0 Å². The van der Waals surface area contributed by atoms with Crippen LogP contribution in [0, 0.1) is 11.8 Å². The fourth-order valence-corrected chi connectivity index (χ4v) is 2.30. The molecule has 8 heteroatoms. The molecule has 0 aliphatic heterocycles. The lowest BCUT2D eigenvalue weighted by atomic mass is 10.0. The second kappa shape index (κ2) is 6.47. The minimum Gasteiger partial charge on any atom is -0.481 e. The van der Waals surface area contributed by atoms with Crippen molar-refractivity contribution in [3.8, 4) is 0 Å². The number of nitrogens with one attached hydrogen (secondary N) is 1. The molecule has 1 aromatic heterocycles. The van der Waals surface area contributed by atoms with Crippen molar-refractivity contribution < 1.29 is 24.0 Å². The van der Waals surface area contributed by atoms with Gasteiger partial charge in [-0.15, -0.1) is 0 Å². The predicted molar refractivity (Wildman–Crippen MR) is 65.3 cm³/mol. The van der Waals surface area contributed by atoms with Crippen LogP contribution in [-0.2, 0) is 27.5 Å². The second-order valence-corrected chi connectivity index (χ2v) is 4.80. The van der Waals surface area contributed by atoms with Gasteiger partial charge in [0.15, 0.2) is 5.82 Å². The zero-order valence-corrected chi connectivity index (χ0v) is 11.2. The highest BCUT2D eigenvalue weighted by atomic mass is 16.5. The number of aliphatic carboxylic acids is 1. The van der Waals surface area contributed by atoms with E-state index < -0.39 is 11.9 Å². The van der Waals surface area contributed by atoms with Gasteiger partial charge in [-0.2, -0.15) is 4.98 Å². The lowest BCUT2D eigenvalue weighted by Crippen LogP contribution is -2.29. The molecule has 0 saturated heterocycles. The van der Waals surface area contributed by atoms with Crippen molar-refractivity contribution in [3.63, 3.8) is 0 Å². The summed E-state index contributed by atoms with van der Waals surface area (Å²) in [7, 11) is 1.52. The van der Waals surface area contributed by atoms with Gasteiger partial charge >= 0.3 is 5.97 Å². The molecule has 2 rings (SSSR count). The lowest BCUT2D eigenvalue weighted by molar-refractivity contribution is -0.141. The van der Waals surface area contributed by atoms with Crippen LogP contribution in [0.2, 0.25) is 0 Å². The molecule has 0 radical (unpaired) electrons. The van der Waals surface area contributed by atoms with Gasteiger partial charge < -0.3 is 19.7 Å². The topological polar surface area (TPSA) is 115 Å². The van der Waals surface area contributed by atoms with Crippen molar-refractivity contribution in [1.29, 1.82) is 0 Å². The molecular formula is C12H17N3O5. The summed E-state index contributed by atoms with van der Waals surface area (Å²) in [5.74, 6) is -0.941. The van der Waals surface area contributed by atoms with Crippen LogP contribution >= 0.6 is 0 Å². The first-order valence-electron chi connectivity index (χ1n) is 6.41. The number of ether oxygens (including phenoxy) is 1. The fraction of sp³-hybridized carbons (Fsp3) is 0.667. The number of carbonyl (C=O) groups is 2. The van der Waals surface area contributed by atoms with Gasteiger partial charge in [-0.25, -0.2) is 0 Å². The van der Waals surface area contributed by atoms with Gasteiger partial charge in [0, 0.05) is 13.0 Å². The Morgan fingerprint density at radius 1 is 1.45 bits per heavy atom. The maximum Gasteiger partial charge on any atom is 0.306 e. The molecule has 1 aromatic rings. The van der Waals surface area contributed by atoms with E-state index in [4.69, 9.17) is 14.4 Å². The summed E-state index contributed by atoms with van der Waals surface area (Å²) >= 11 is 0. The Kier molecular flexibility index (Phi) is 4.67. The first-order valence-corrected chi connectivity index (χ1v) is 6.41. The molecule has 20 heavy (non-hydrogen) atoms. The molecule has 0 aromatic carbocycles. The van der Waals surface area contributed by atoms with Crippen LogP contribution < -0.4 is 5.32 Å². The minimum atomic E-state index is -0.832. The summed E-state index contributed by atoms with van der Waals surface area (Å²) in [5, 5.41) is 15.3. The van der Waals surface area contributed by atoms with Crippen LogP contribution in [0.4, 0.5) is 0 Å². The Morgan fingerprint density at radius 2 is 2.20 bits per heavy atom. The smallest absolute Gasteiger partial charge is 0.306 e. The van der Waals surface area contributed by atoms with Crippen molar-refractivity contribution in [2.75, 3.05) is 7.11 Å². The van der Waals surface area contributed by atoms with Gasteiger partial charge in [-0.1, -0.05) is 5.16 Å². The van der Waals surface area contributed by atoms with E-state index in [9.17, 15) is 9.59 Å². The van der Waals surface area contributed by atoms with Gasteiger partial charge in [-0.05, 0) is 19.3 Å². The standard InChI is InChI=1S/C12H17N3O5/c1-19-6-9-14-10(20-15-9)5-13-11(16)7-2-3-8(4-7)12(17)18/h7-8H,2-6H2,1H3,(H,13,16)(H,17,18)/t7-,8+/m0/s1. The SMILES string of the molecule is COCc1noc(CNC(=O)[C@H]2CC[C@@H](C(=O)O)C2)n1. The Labute approximate surface area is 115 Å². The van der Waals surface area contributed by atoms with E-state index in [0.717, 1.165) is 0 Å². The van der Waals surface area contributed by atoms with Crippen molar-refractivity contribution >= 4 is 11.9 Å². The van der Waals surface area contributed by atoms with Crippen LogP contribution in [-0.4, -0.2) is 34.2 Å². The van der Waals surface area contributed by atoms with E-state index in [0.29, 0.717) is 31.0 Å². The molecule has 1 aliphatic carbocycles. The van der Waals surface area contributed by atoms with Crippen molar-refractivity contribution in [3.05, 3.63) is 11.7 Å². The van der Waals surface area contributed by atoms with Crippen molar-refractivity contribution in [2.45, 2.75) is 32.4 Å². The Bertz CT molecular complexity index is 487. The zero-order chi connectivity index (χ0) is 14.5. The number of amides is 1. The van der Waals surface area contributed by atoms with Crippen LogP contribution in [0.25, 0.3) is 0 Å². The molecule has 0 unspecified atom stereocenters. The summed E-state index contributed by atoms with van der Waals surface area (Å²) in [6.45, 7) is 0.393. The number of rotatable bonds is 6. The highest BCUT2D eigenvalue weighted by Gasteiger charge is 2.33. The summed E-state index contributed by atoms with van der Waals surface area (Å²) in [4.78, 5) is 26.8. The van der Waals surface area contributed by atoms with Crippen molar-refractivity contribution in [2.24, 2.45) is 11.8 Å². The van der Waals surface area contributed by atoms with Gasteiger partial charge in [0.2, 0.25) is 11.8 Å². The number of carboxylic acid groups (broad SMARTS) is 1. The average molecular weight is 283 g/mol. The predicted octanol–water partition coefficient (Wildman–Crippen LogP) is 0.333. The van der Waals surface area contributed by atoms with Crippen LogP contribution in [0.15, 0.2) is 4.52 Å². The third-order valence-electron chi connectivity index (χ3n) is 3.35. The number of carboxylic acids is 1. The second-order valence-electron chi connectivity index (χ2n) is 4.80. The van der Waals surface area contributed by atoms with E-state index in [2.05, 4.69) is 15.5 Å². The maximum absolute atomic E-state index is 11.9. The molecule has 1 saturated carbocycles. The normalized spacial score (nSPS) is 21.9. The number of hydrogen-bond acceptors (Lipinski definition) is 6. The average Bonchev–Trinajstić information content (AvgIpc) is 3.05. The van der Waals surface area contributed by atoms with Gasteiger partial charge in [0.1, 0.15) is 6.61 Å². The van der Waals surface area contributed by atoms with Crippen LogP contribution in [0.5, 0.6) is 0 Å². The molecule has 8 nitrogen and oxygen atoms in total. The molecular weight excluding hydrogens is 266 g/mol. The van der Waals surface area contributed by atoms with Crippen LogP contribution in [0.1, 0.15) is 31.0 Å². The van der Waals surface area contributed by atoms with E-state index in [-0.39, 0.29) is 25.0 Å². The van der Waals surface area contributed by atoms with Gasteiger partial charge in [-0.3, -0.25) is 9.59 Å². The molecule has 1 amide bonds. The third kappa shape index (κ3) is 3.53. The Morgan fingerprint density at radius 3 is 2.85 bits per heavy atom. The first kappa shape index (κ1) is 14.4. The number of nitrogens with zero attached hydrogens (tertiary/aromatic N) is 2. The Balaban J connectivity index is 1.79. The molecule has 110 valence electrons. The highest BCUT2D eigenvalue weighted by Crippen LogP contribution is 2.31. The fourth-order valence-electron chi connectivity index (χ4n) is 2.30. The van der Waals surface area contributed by atoms with Crippen molar-refractivity contribution in [1.82, 2.24) is 15.5 Å². The number of carbonyl (C=O) groups excluding carboxylic acids is 1. The zero-order valence-electron chi connectivity index (χ0n) is 11.2.